The van der Waals surface area contributed by atoms with Crippen molar-refractivity contribution in [2.45, 2.75) is 52.0 Å². The van der Waals surface area contributed by atoms with Gasteiger partial charge in [-0.05, 0) is 62.8 Å². The molecule has 4 rings (SSSR count). The number of aryl methyl sites for hydroxylation is 1. The number of anilines is 2. The van der Waals surface area contributed by atoms with Gasteiger partial charge in [-0.25, -0.2) is 9.98 Å². The third-order valence-electron chi connectivity index (χ3n) is 5.91. The number of hydrogen-bond acceptors (Lipinski definition) is 6. The summed E-state index contributed by atoms with van der Waals surface area (Å²) < 4.78 is 0. The quantitative estimate of drug-likeness (QED) is 0.457. The van der Waals surface area contributed by atoms with E-state index in [1.807, 2.05) is 30.3 Å². The second kappa shape index (κ2) is 9.16. The highest BCUT2D eigenvalue weighted by molar-refractivity contribution is 8.13. The fourth-order valence-electron chi connectivity index (χ4n) is 3.93. The minimum Gasteiger partial charge on any atom is -0.366 e. The molecule has 0 aliphatic heterocycles. The van der Waals surface area contributed by atoms with Crippen LogP contribution in [0.2, 0.25) is 0 Å². The van der Waals surface area contributed by atoms with Crippen molar-refractivity contribution in [1.82, 2.24) is 9.97 Å². The molecule has 0 saturated heterocycles. The van der Waals surface area contributed by atoms with E-state index in [9.17, 15) is 0 Å². The van der Waals surface area contributed by atoms with Crippen molar-refractivity contribution in [3.63, 3.8) is 0 Å². The fraction of sp³-hybridized carbons (Fsp3) is 0.522. The molecule has 0 bridgehead atoms. The average molecular weight is 410 g/mol. The van der Waals surface area contributed by atoms with E-state index >= 15 is 0 Å². The van der Waals surface area contributed by atoms with Gasteiger partial charge >= 0.3 is 0 Å². The molecular formula is C23H31N5S. The molecular weight excluding hydrogens is 378 g/mol. The first kappa shape index (κ1) is 20.2. The molecule has 2 aliphatic rings. The van der Waals surface area contributed by atoms with E-state index in [0.29, 0.717) is 12.0 Å². The minimum atomic E-state index is 0.458. The van der Waals surface area contributed by atoms with Gasteiger partial charge in [0.15, 0.2) is 0 Å². The van der Waals surface area contributed by atoms with Crippen LogP contribution in [0, 0.1) is 18.8 Å². The molecule has 0 spiro atoms. The molecule has 29 heavy (non-hydrogen) atoms. The van der Waals surface area contributed by atoms with Crippen LogP contribution < -0.4 is 10.6 Å². The average Bonchev–Trinajstić information content (AvgIpc) is 3.47. The Morgan fingerprint density at radius 2 is 1.93 bits per heavy atom. The number of nitrogens with one attached hydrogen (secondary N) is 2. The van der Waals surface area contributed by atoms with E-state index in [1.165, 1.54) is 32.1 Å². The molecule has 1 aromatic heterocycles. The maximum atomic E-state index is 4.92. The van der Waals surface area contributed by atoms with Crippen LogP contribution in [0.25, 0.3) is 0 Å². The predicted molar refractivity (Wildman–Crippen MR) is 125 cm³/mol. The van der Waals surface area contributed by atoms with Gasteiger partial charge in [-0.15, -0.1) is 11.8 Å². The summed E-state index contributed by atoms with van der Waals surface area (Å²) in [6.45, 7) is 5.36. The van der Waals surface area contributed by atoms with Crippen LogP contribution in [0.3, 0.4) is 0 Å². The Bertz CT molecular complexity index is 863. The lowest BCUT2D eigenvalue weighted by molar-refractivity contribution is 0.554. The van der Waals surface area contributed by atoms with Gasteiger partial charge < -0.3 is 10.6 Å². The van der Waals surface area contributed by atoms with E-state index < -0.39 is 0 Å². The van der Waals surface area contributed by atoms with Crippen LogP contribution >= 0.6 is 11.8 Å². The van der Waals surface area contributed by atoms with Gasteiger partial charge in [0.25, 0.3) is 0 Å². The summed E-state index contributed by atoms with van der Waals surface area (Å²) in [7, 11) is 0. The number of nitrogens with zero attached hydrogens (tertiary/aromatic N) is 3. The third-order valence-corrected chi connectivity index (χ3v) is 6.60. The Labute approximate surface area is 178 Å². The maximum Gasteiger partial charge on any atom is 0.224 e. The Kier molecular flexibility index (Phi) is 6.38. The van der Waals surface area contributed by atoms with Gasteiger partial charge in [0.2, 0.25) is 5.95 Å². The van der Waals surface area contributed by atoms with Crippen molar-refractivity contribution >= 4 is 34.3 Å². The van der Waals surface area contributed by atoms with Gasteiger partial charge in [-0.3, -0.25) is 0 Å². The lowest BCUT2D eigenvalue weighted by Crippen LogP contribution is -2.25. The van der Waals surface area contributed by atoms with Crippen LogP contribution in [-0.4, -0.2) is 33.9 Å². The molecule has 2 saturated carbocycles. The molecule has 154 valence electrons. The molecule has 1 unspecified atom stereocenters. The SMILES string of the molecule is CSC(=Nc1ccccc1)c1c(C)nc(NCC2CC2)nc1N[C@@H]1CCCC1C. The lowest BCUT2D eigenvalue weighted by Gasteiger charge is -2.22. The highest BCUT2D eigenvalue weighted by Gasteiger charge is 2.27. The van der Waals surface area contributed by atoms with Crippen molar-refractivity contribution in [3.8, 4) is 0 Å². The minimum absolute atomic E-state index is 0.458. The summed E-state index contributed by atoms with van der Waals surface area (Å²) in [5.74, 6) is 3.08. The molecule has 1 heterocycles. The Morgan fingerprint density at radius 3 is 2.59 bits per heavy atom. The zero-order valence-corrected chi connectivity index (χ0v) is 18.4. The van der Waals surface area contributed by atoms with Gasteiger partial charge in [0.1, 0.15) is 10.9 Å². The van der Waals surface area contributed by atoms with Crippen molar-refractivity contribution in [1.29, 1.82) is 0 Å². The fourth-order valence-corrected chi connectivity index (χ4v) is 4.57. The van der Waals surface area contributed by atoms with E-state index in [2.05, 4.69) is 30.7 Å². The number of hydrogen-bond donors (Lipinski definition) is 2. The van der Waals surface area contributed by atoms with Crippen LogP contribution in [-0.2, 0) is 0 Å². The molecule has 2 fully saturated rings. The zero-order chi connectivity index (χ0) is 20.2. The van der Waals surface area contributed by atoms with Gasteiger partial charge in [-0.1, -0.05) is 31.5 Å². The number of aliphatic imine (C=N–C) groups is 1. The molecule has 0 amide bonds. The summed E-state index contributed by atoms with van der Waals surface area (Å²) in [5, 5.41) is 8.16. The predicted octanol–water partition coefficient (Wildman–Crippen LogP) is 5.65. The summed E-state index contributed by atoms with van der Waals surface area (Å²) in [6.07, 6.45) is 8.45. The molecule has 2 N–H and O–H groups in total. The number of benzene rings is 1. The molecule has 5 nitrogen and oxygen atoms in total. The zero-order valence-electron chi connectivity index (χ0n) is 17.6. The van der Waals surface area contributed by atoms with Crippen LogP contribution in [0.5, 0.6) is 0 Å². The van der Waals surface area contributed by atoms with Crippen molar-refractivity contribution in [3.05, 3.63) is 41.6 Å². The second-order valence-electron chi connectivity index (χ2n) is 8.30. The molecule has 2 aromatic rings. The lowest BCUT2D eigenvalue weighted by atomic mass is 10.1. The highest BCUT2D eigenvalue weighted by Crippen LogP contribution is 2.32. The summed E-state index contributed by atoms with van der Waals surface area (Å²) in [5.41, 5.74) is 2.94. The van der Waals surface area contributed by atoms with Crippen LogP contribution in [0.15, 0.2) is 35.3 Å². The Balaban J connectivity index is 1.70. The third kappa shape index (κ3) is 5.10. The number of para-hydroxylation sites is 1. The Morgan fingerprint density at radius 1 is 1.14 bits per heavy atom. The normalized spacial score (nSPS) is 22.0. The molecule has 2 aliphatic carbocycles. The number of rotatable bonds is 7. The molecule has 0 radical (unpaired) electrons. The summed E-state index contributed by atoms with van der Waals surface area (Å²) in [4.78, 5) is 14.6. The van der Waals surface area contributed by atoms with E-state index in [-0.39, 0.29) is 0 Å². The smallest absolute Gasteiger partial charge is 0.224 e. The van der Waals surface area contributed by atoms with E-state index in [1.54, 1.807) is 11.8 Å². The standard InChI is InChI=1S/C23H31N5S/c1-15-8-7-11-19(15)27-21-20(22(29-3)26-18-9-5-4-6-10-18)16(2)25-23(28-21)24-14-17-12-13-17/h4-6,9-10,15,17,19H,7-8,11-14H2,1-3H3,(H2,24,25,27,28)/t15?,19-/m1/s1. The molecule has 2 atom stereocenters. The molecule has 6 heteroatoms. The van der Waals surface area contributed by atoms with E-state index in [4.69, 9.17) is 15.0 Å². The first-order chi connectivity index (χ1) is 14.1. The summed E-state index contributed by atoms with van der Waals surface area (Å²) >= 11 is 1.65. The summed E-state index contributed by atoms with van der Waals surface area (Å²) in [6, 6.07) is 10.6. The van der Waals surface area contributed by atoms with Gasteiger partial charge in [-0.2, -0.15) is 4.98 Å². The van der Waals surface area contributed by atoms with Gasteiger partial charge in [0.05, 0.1) is 16.9 Å². The number of thioether (sulfide) groups is 1. The van der Waals surface area contributed by atoms with Crippen LogP contribution in [0.4, 0.5) is 17.5 Å². The largest absolute Gasteiger partial charge is 0.366 e. The van der Waals surface area contributed by atoms with Crippen molar-refractivity contribution < 1.29 is 0 Å². The number of aromatic nitrogens is 2. The maximum absolute atomic E-state index is 4.92. The van der Waals surface area contributed by atoms with Gasteiger partial charge in [0, 0.05) is 12.6 Å². The monoisotopic (exact) mass is 409 g/mol. The van der Waals surface area contributed by atoms with E-state index in [0.717, 1.165) is 46.2 Å². The van der Waals surface area contributed by atoms with Crippen molar-refractivity contribution in [2.24, 2.45) is 16.8 Å². The highest BCUT2D eigenvalue weighted by atomic mass is 32.2. The Hall–Kier alpha value is -2.08. The second-order valence-corrected chi connectivity index (χ2v) is 9.09. The molecule has 1 aromatic carbocycles. The topological polar surface area (TPSA) is 62.2 Å². The van der Waals surface area contributed by atoms with Crippen LogP contribution in [0.1, 0.15) is 50.3 Å². The first-order valence-electron chi connectivity index (χ1n) is 10.7. The van der Waals surface area contributed by atoms with Crippen molar-refractivity contribution in [2.75, 3.05) is 23.4 Å². The first-order valence-corrected chi connectivity index (χ1v) is 11.9.